The van der Waals surface area contributed by atoms with Crippen molar-refractivity contribution in [1.82, 2.24) is 9.55 Å². The molecule has 0 aliphatic heterocycles. The number of imidazole rings is 1. The molecule has 228 valence electrons. The molecule has 1 aromatic heterocycles. The van der Waals surface area contributed by atoms with Crippen LogP contribution in [0, 0.1) is 0 Å². The van der Waals surface area contributed by atoms with Gasteiger partial charge in [0.2, 0.25) is 0 Å². The van der Waals surface area contributed by atoms with E-state index in [1.165, 1.54) is 95.2 Å². The van der Waals surface area contributed by atoms with Gasteiger partial charge < -0.3 is 4.57 Å². The number of nitrogens with zero attached hydrogens (tertiary/aromatic N) is 2. The molecule has 0 atom stereocenters. The van der Waals surface area contributed by atoms with Crippen LogP contribution < -0.4 is 0 Å². The van der Waals surface area contributed by atoms with Gasteiger partial charge in [-0.2, -0.15) is 16.8 Å². The Labute approximate surface area is 246 Å². The van der Waals surface area contributed by atoms with Crippen molar-refractivity contribution in [3.05, 3.63) is 53.9 Å². The third-order valence-electron chi connectivity index (χ3n) is 7.64. The maximum Gasteiger partial charge on any atom is 0.296 e. The van der Waals surface area contributed by atoms with Crippen molar-refractivity contribution in [3.8, 4) is 0 Å². The van der Waals surface area contributed by atoms with Gasteiger partial charge in [0.25, 0.3) is 20.2 Å². The Morgan fingerprint density at radius 2 is 1.22 bits per heavy atom. The van der Waals surface area contributed by atoms with Crippen LogP contribution in [0.1, 0.15) is 115 Å². The van der Waals surface area contributed by atoms with Gasteiger partial charge in [-0.25, -0.2) is 4.98 Å². The highest BCUT2D eigenvalue weighted by molar-refractivity contribution is 7.86. The minimum Gasteiger partial charge on any atom is -0.323 e. The summed E-state index contributed by atoms with van der Waals surface area (Å²) >= 11 is 0. The lowest BCUT2D eigenvalue weighted by Gasteiger charge is -2.11. The molecule has 0 saturated heterocycles. The lowest BCUT2D eigenvalue weighted by molar-refractivity contribution is 0.481. The lowest BCUT2D eigenvalue weighted by atomic mass is 10.0. The quantitative estimate of drug-likeness (QED) is 0.0985. The minimum absolute atomic E-state index is 0.192. The molecular formula is C31H46N2O6S2. The molecule has 0 radical (unpaired) electrons. The third-order valence-corrected chi connectivity index (χ3v) is 9.37. The van der Waals surface area contributed by atoms with Gasteiger partial charge in [0, 0.05) is 13.0 Å². The molecule has 8 nitrogen and oxygen atoms in total. The first-order valence-electron chi connectivity index (χ1n) is 15.1. The van der Waals surface area contributed by atoms with Crippen LogP contribution in [0.3, 0.4) is 0 Å². The summed E-state index contributed by atoms with van der Waals surface area (Å²) in [5.74, 6) is 0.669. The molecule has 0 unspecified atom stereocenters. The Bertz CT molecular complexity index is 1450. The first-order chi connectivity index (χ1) is 19.6. The number of hydrogen-bond donors (Lipinski definition) is 2. The molecule has 0 aliphatic carbocycles. The van der Waals surface area contributed by atoms with Crippen molar-refractivity contribution < 1.29 is 25.9 Å². The fourth-order valence-corrected chi connectivity index (χ4v) is 6.58. The number of fused-ring (bicyclic) bond motifs is 1. The second-order valence-corrected chi connectivity index (χ2v) is 13.8. The van der Waals surface area contributed by atoms with Crippen LogP contribution in [0.5, 0.6) is 0 Å². The molecule has 0 saturated carbocycles. The highest BCUT2D eigenvalue weighted by Gasteiger charge is 2.20. The standard InChI is InChI=1S/C31H46N2O6S2/c1-2-3-4-5-6-7-8-9-10-11-12-13-14-15-16-23-30-32-31-28(21-18-22-29(31)41(37,38)39)33(30)25-26-19-17-20-27(24-26)40(34,35)36/h17-22,24H,2-16,23,25H2,1H3,(H,34,35,36)(H,37,38,39). The summed E-state index contributed by atoms with van der Waals surface area (Å²) in [6.45, 7) is 2.49. The van der Waals surface area contributed by atoms with Crippen molar-refractivity contribution in [2.24, 2.45) is 0 Å². The molecule has 2 aromatic carbocycles. The van der Waals surface area contributed by atoms with Crippen molar-refractivity contribution in [2.75, 3.05) is 0 Å². The lowest BCUT2D eigenvalue weighted by Crippen LogP contribution is -2.07. The maximum absolute atomic E-state index is 12.0. The van der Waals surface area contributed by atoms with Gasteiger partial charge in [0.15, 0.2) is 0 Å². The monoisotopic (exact) mass is 606 g/mol. The summed E-state index contributed by atoms with van der Waals surface area (Å²) in [6, 6.07) is 10.6. The molecular weight excluding hydrogens is 560 g/mol. The van der Waals surface area contributed by atoms with Gasteiger partial charge in [0.05, 0.1) is 10.4 Å². The van der Waals surface area contributed by atoms with E-state index in [0.717, 1.165) is 19.3 Å². The van der Waals surface area contributed by atoms with E-state index < -0.39 is 20.2 Å². The molecule has 2 N–H and O–H groups in total. The average molecular weight is 607 g/mol. The number of aromatic nitrogens is 2. The number of unbranched alkanes of at least 4 members (excludes halogenated alkanes) is 14. The average Bonchev–Trinajstić information content (AvgIpc) is 3.27. The molecule has 0 aliphatic rings. The molecule has 10 heteroatoms. The summed E-state index contributed by atoms with van der Waals surface area (Å²) in [5.41, 5.74) is 1.35. The highest BCUT2D eigenvalue weighted by atomic mass is 32.2. The van der Waals surface area contributed by atoms with Crippen LogP contribution in [0.2, 0.25) is 0 Å². The van der Waals surface area contributed by atoms with E-state index in [1.807, 2.05) is 4.57 Å². The molecule has 1 heterocycles. The van der Waals surface area contributed by atoms with Crippen LogP contribution in [0.15, 0.2) is 52.3 Å². The second kappa shape index (κ2) is 16.4. The van der Waals surface area contributed by atoms with E-state index in [-0.39, 0.29) is 21.9 Å². The maximum atomic E-state index is 12.0. The predicted molar refractivity (Wildman–Crippen MR) is 164 cm³/mol. The first-order valence-corrected chi connectivity index (χ1v) is 18.0. The fourth-order valence-electron chi connectivity index (χ4n) is 5.39. The van der Waals surface area contributed by atoms with Crippen LogP contribution in [0.4, 0.5) is 0 Å². The smallest absolute Gasteiger partial charge is 0.296 e. The van der Waals surface area contributed by atoms with E-state index in [2.05, 4.69) is 11.9 Å². The summed E-state index contributed by atoms with van der Waals surface area (Å²) in [5, 5.41) is 0. The highest BCUT2D eigenvalue weighted by Crippen LogP contribution is 2.26. The topological polar surface area (TPSA) is 127 Å². The Hall–Kier alpha value is -2.27. The molecule has 3 rings (SSSR count). The van der Waals surface area contributed by atoms with Gasteiger partial charge >= 0.3 is 0 Å². The Balaban J connectivity index is 1.54. The molecule has 3 aromatic rings. The summed E-state index contributed by atoms with van der Waals surface area (Å²) in [7, 11) is -8.83. The van der Waals surface area contributed by atoms with E-state index in [0.29, 0.717) is 23.3 Å². The Kier molecular flexibility index (Phi) is 13.3. The number of hydrogen-bond acceptors (Lipinski definition) is 5. The largest absolute Gasteiger partial charge is 0.323 e. The summed E-state index contributed by atoms with van der Waals surface area (Å²) in [6.07, 6.45) is 19.6. The van der Waals surface area contributed by atoms with E-state index >= 15 is 0 Å². The first kappa shape index (κ1) is 33.2. The predicted octanol–water partition coefficient (Wildman–Crippen LogP) is 7.99. The number of para-hydroxylation sites is 1. The molecule has 0 bridgehead atoms. The molecule has 0 fully saturated rings. The molecule has 0 amide bonds. The van der Waals surface area contributed by atoms with Crippen molar-refractivity contribution >= 4 is 31.3 Å². The van der Waals surface area contributed by atoms with Crippen molar-refractivity contribution in [3.63, 3.8) is 0 Å². The van der Waals surface area contributed by atoms with Gasteiger partial charge in [-0.05, 0) is 36.2 Å². The normalized spacial score (nSPS) is 12.4. The van der Waals surface area contributed by atoms with Crippen LogP contribution in [-0.4, -0.2) is 35.5 Å². The van der Waals surface area contributed by atoms with Crippen molar-refractivity contribution in [2.45, 2.75) is 126 Å². The van der Waals surface area contributed by atoms with E-state index in [4.69, 9.17) is 0 Å². The minimum atomic E-state index is -4.47. The summed E-state index contributed by atoms with van der Waals surface area (Å²) in [4.78, 5) is 4.15. The Morgan fingerprint density at radius 3 is 1.76 bits per heavy atom. The summed E-state index contributed by atoms with van der Waals surface area (Å²) < 4.78 is 68.3. The van der Waals surface area contributed by atoms with Crippen LogP contribution >= 0.6 is 0 Å². The fraction of sp³-hybridized carbons (Fsp3) is 0.581. The molecule has 41 heavy (non-hydrogen) atoms. The third kappa shape index (κ3) is 10.8. The van der Waals surface area contributed by atoms with Gasteiger partial charge in [-0.15, -0.1) is 0 Å². The van der Waals surface area contributed by atoms with Gasteiger partial charge in [-0.3, -0.25) is 9.11 Å². The van der Waals surface area contributed by atoms with Crippen LogP contribution in [0.25, 0.3) is 11.0 Å². The van der Waals surface area contributed by atoms with Crippen LogP contribution in [-0.2, 0) is 33.2 Å². The number of rotatable bonds is 20. The van der Waals surface area contributed by atoms with E-state index in [1.54, 1.807) is 24.3 Å². The van der Waals surface area contributed by atoms with Gasteiger partial charge in [-0.1, -0.05) is 115 Å². The number of benzene rings is 2. The zero-order chi connectivity index (χ0) is 29.7. The molecule has 0 spiro atoms. The number of aryl methyl sites for hydroxylation is 1. The van der Waals surface area contributed by atoms with Gasteiger partial charge in [0.1, 0.15) is 16.2 Å². The zero-order valence-corrected chi connectivity index (χ0v) is 25.9. The zero-order valence-electron chi connectivity index (χ0n) is 24.3. The van der Waals surface area contributed by atoms with E-state index in [9.17, 15) is 25.9 Å². The Morgan fingerprint density at radius 1 is 0.683 bits per heavy atom. The SMILES string of the molecule is CCCCCCCCCCCCCCCCCc1nc2c(S(=O)(=O)O)cccc2n1Cc1cccc(S(=O)(=O)O)c1. The second-order valence-electron chi connectivity index (χ2n) is 11.0. The van der Waals surface area contributed by atoms with Crippen molar-refractivity contribution in [1.29, 1.82) is 0 Å².